The van der Waals surface area contributed by atoms with E-state index in [9.17, 15) is 19.7 Å². The Morgan fingerprint density at radius 2 is 1.76 bits per heavy atom. The zero-order chi connectivity index (χ0) is 24.7. The maximum absolute atomic E-state index is 12.6. The van der Waals surface area contributed by atoms with Gasteiger partial charge in [-0.25, -0.2) is 4.79 Å². The molecule has 1 heterocycles. The van der Waals surface area contributed by atoms with Crippen LogP contribution in [0, 0.1) is 16.0 Å². The Morgan fingerprint density at radius 3 is 2.35 bits per heavy atom. The lowest BCUT2D eigenvalue weighted by Gasteiger charge is -2.20. The Kier molecular flexibility index (Phi) is 7.91. The minimum Gasteiger partial charge on any atom is -0.494 e. The van der Waals surface area contributed by atoms with Crippen LogP contribution in [0.4, 0.5) is 5.69 Å². The Labute approximate surface area is 195 Å². The second-order valence-electron chi connectivity index (χ2n) is 7.57. The summed E-state index contributed by atoms with van der Waals surface area (Å²) in [6.45, 7) is 5.65. The fraction of sp³-hybridized carbons (Fsp3) is 0.304. The molecule has 0 saturated carbocycles. The van der Waals surface area contributed by atoms with Gasteiger partial charge < -0.3 is 19.2 Å². The second kappa shape index (κ2) is 11.0. The Morgan fingerprint density at radius 1 is 1.09 bits per heavy atom. The monoisotopic (exact) mass is 468 g/mol. The minimum atomic E-state index is -0.892. The van der Waals surface area contributed by atoms with Crippen molar-refractivity contribution in [2.24, 2.45) is 5.92 Å². The summed E-state index contributed by atoms with van der Waals surface area (Å²) in [6.07, 6.45) is 0. The van der Waals surface area contributed by atoms with Gasteiger partial charge in [0.1, 0.15) is 11.8 Å². The van der Waals surface area contributed by atoms with Gasteiger partial charge in [-0.1, -0.05) is 13.8 Å². The molecule has 178 valence electrons. The van der Waals surface area contributed by atoms with Gasteiger partial charge in [0.25, 0.3) is 17.5 Å². The van der Waals surface area contributed by atoms with E-state index < -0.39 is 22.8 Å². The SMILES string of the molecule is CCOc1ccc(C(=O)N[C@H](C(=O)OCc2nnc(-c3ccc([N+](=O)[O-])cc3)o2)C(C)C)cc1. The average Bonchev–Trinajstić information content (AvgIpc) is 3.30. The molecule has 0 unspecified atom stereocenters. The van der Waals surface area contributed by atoms with Crippen LogP contribution in [0.15, 0.2) is 52.9 Å². The Balaban J connectivity index is 1.59. The first-order valence-electron chi connectivity index (χ1n) is 10.6. The number of amides is 1. The maximum Gasteiger partial charge on any atom is 0.329 e. The van der Waals surface area contributed by atoms with Crippen molar-refractivity contribution in [3.63, 3.8) is 0 Å². The van der Waals surface area contributed by atoms with Crippen molar-refractivity contribution < 1.29 is 28.4 Å². The first-order valence-corrected chi connectivity index (χ1v) is 10.6. The molecule has 3 rings (SSSR count). The smallest absolute Gasteiger partial charge is 0.329 e. The van der Waals surface area contributed by atoms with Gasteiger partial charge in [-0.2, -0.15) is 0 Å². The number of ether oxygens (including phenoxy) is 2. The molecule has 11 heteroatoms. The van der Waals surface area contributed by atoms with Gasteiger partial charge in [-0.15, -0.1) is 10.2 Å². The third kappa shape index (κ3) is 6.15. The van der Waals surface area contributed by atoms with Crippen molar-refractivity contribution in [3.05, 3.63) is 70.1 Å². The first-order chi connectivity index (χ1) is 16.3. The van der Waals surface area contributed by atoms with E-state index in [-0.39, 0.29) is 30.0 Å². The largest absolute Gasteiger partial charge is 0.494 e. The molecular weight excluding hydrogens is 444 g/mol. The number of hydrogen-bond acceptors (Lipinski definition) is 9. The number of aromatic nitrogens is 2. The maximum atomic E-state index is 12.6. The standard InChI is InChI=1S/C23H24N4O7/c1-4-32-18-11-7-15(8-12-18)21(28)24-20(14(2)3)23(29)33-13-19-25-26-22(34-19)16-5-9-17(10-6-16)27(30)31/h5-12,14,20H,4,13H2,1-3H3,(H,24,28)/t20-/m0/s1. The third-order valence-electron chi connectivity index (χ3n) is 4.76. The molecule has 0 spiro atoms. The van der Waals surface area contributed by atoms with Crippen LogP contribution < -0.4 is 10.1 Å². The Bertz CT molecular complexity index is 1140. The zero-order valence-corrected chi connectivity index (χ0v) is 18.9. The molecule has 0 fully saturated rings. The van der Waals surface area contributed by atoms with E-state index in [1.54, 1.807) is 38.1 Å². The first kappa shape index (κ1) is 24.4. The van der Waals surface area contributed by atoms with Gasteiger partial charge in [0.15, 0.2) is 6.61 Å². The highest BCUT2D eigenvalue weighted by atomic mass is 16.6. The van der Waals surface area contributed by atoms with Crippen LogP contribution in [0.3, 0.4) is 0 Å². The predicted molar refractivity (Wildman–Crippen MR) is 120 cm³/mol. The van der Waals surface area contributed by atoms with Crippen molar-refractivity contribution in [1.82, 2.24) is 15.5 Å². The molecular formula is C23H24N4O7. The fourth-order valence-electron chi connectivity index (χ4n) is 2.97. The normalized spacial score (nSPS) is 11.6. The number of nitro benzene ring substituents is 1. The number of rotatable bonds is 10. The summed E-state index contributed by atoms with van der Waals surface area (Å²) >= 11 is 0. The molecule has 1 atom stereocenters. The molecule has 0 aliphatic carbocycles. The third-order valence-corrected chi connectivity index (χ3v) is 4.76. The summed E-state index contributed by atoms with van der Waals surface area (Å²) in [6, 6.07) is 11.3. The van der Waals surface area contributed by atoms with Crippen LogP contribution in [0.2, 0.25) is 0 Å². The average molecular weight is 468 g/mol. The van der Waals surface area contributed by atoms with Crippen molar-refractivity contribution in [2.75, 3.05) is 6.61 Å². The van der Waals surface area contributed by atoms with Gasteiger partial charge in [-0.05, 0) is 49.2 Å². The van der Waals surface area contributed by atoms with Crippen LogP contribution in [0.5, 0.6) is 5.75 Å². The second-order valence-corrected chi connectivity index (χ2v) is 7.57. The zero-order valence-electron chi connectivity index (χ0n) is 18.9. The topological polar surface area (TPSA) is 147 Å². The lowest BCUT2D eigenvalue weighted by molar-refractivity contribution is -0.384. The van der Waals surface area contributed by atoms with Gasteiger partial charge in [0.05, 0.1) is 11.5 Å². The highest BCUT2D eigenvalue weighted by Gasteiger charge is 2.27. The van der Waals surface area contributed by atoms with Gasteiger partial charge >= 0.3 is 5.97 Å². The summed E-state index contributed by atoms with van der Waals surface area (Å²) in [5, 5.41) is 21.2. The number of carbonyl (C=O) groups is 2. The highest BCUT2D eigenvalue weighted by Crippen LogP contribution is 2.21. The van der Waals surface area contributed by atoms with Crippen LogP contribution in [0.25, 0.3) is 11.5 Å². The predicted octanol–water partition coefficient (Wildman–Crippen LogP) is 3.54. The molecule has 0 radical (unpaired) electrons. The summed E-state index contributed by atoms with van der Waals surface area (Å²) in [5.41, 5.74) is 0.800. The number of nitrogens with zero attached hydrogens (tertiary/aromatic N) is 3. The molecule has 1 aromatic heterocycles. The van der Waals surface area contributed by atoms with Crippen molar-refractivity contribution in [2.45, 2.75) is 33.4 Å². The fourth-order valence-corrected chi connectivity index (χ4v) is 2.97. The molecule has 2 aromatic carbocycles. The van der Waals surface area contributed by atoms with E-state index in [0.717, 1.165) is 0 Å². The quantitative estimate of drug-likeness (QED) is 0.268. The van der Waals surface area contributed by atoms with Gasteiger partial charge in [0, 0.05) is 23.3 Å². The number of carbonyl (C=O) groups excluding carboxylic acids is 2. The molecule has 0 aliphatic rings. The number of nitro groups is 1. The molecule has 1 N–H and O–H groups in total. The van der Waals surface area contributed by atoms with Crippen molar-refractivity contribution in [3.8, 4) is 17.2 Å². The van der Waals surface area contributed by atoms with Crippen LogP contribution in [0.1, 0.15) is 37.0 Å². The number of nitrogens with one attached hydrogen (secondary N) is 1. The summed E-state index contributed by atoms with van der Waals surface area (Å²) in [7, 11) is 0. The van der Waals surface area contributed by atoms with Crippen molar-refractivity contribution >= 4 is 17.6 Å². The number of non-ortho nitro benzene ring substituents is 1. The molecule has 3 aromatic rings. The van der Waals surface area contributed by atoms with E-state index >= 15 is 0 Å². The number of esters is 1. The van der Waals surface area contributed by atoms with Crippen molar-refractivity contribution in [1.29, 1.82) is 0 Å². The van der Waals surface area contributed by atoms with E-state index in [1.807, 2.05) is 6.92 Å². The molecule has 11 nitrogen and oxygen atoms in total. The summed E-state index contributed by atoms with van der Waals surface area (Å²) in [4.78, 5) is 35.5. The summed E-state index contributed by atoms with van der Waals surface area (Å²) < 4.78 is 16.1. The highest BCUT2D eigenvalue weighted by molar-refractivity contribution is 5.96. The van der Waals surface area contributed by atoms with Gasteiger partial charge in [-0.3, -0.25) is 14.9 Å². The van der Waals surface area contributed by atoms with Crippen LogP contribution >= 0.6 is 0 Å². The van der Waals surface area contributed by atoms with Crippen LogP contribution in [-0.2, 0) is 16.1 Å². The van der Waals surface area contributed by atoms with E-state index in [2.05, 4.69) is 15.5 Å². The van der Waals surface area contributed by atoms with Crippen LogP contribution in [-0.4, -0.2) is 39.6 Å². The van der Waals surface area contributed by atoms with E-state index in [4.69, 9.17) is 13.9 Å². The molecule has 0 aliphatic heterocycles. The van der Waals surface area contributed by atoms with E-state index in [0.29, 0.717) is 23.5 Å². The minimum absolute atomic E-state index is 0.0436. The lowest BCUT2D eigenvalue weighted by atomic mass is 10.0. The summed E-state index contributed by atoms with van der Waals surface area (Å²) in [5.74, 6) is -0.488. The van der Waals surface area contributed by atoms with Gasteiger partial charge in [0.2, 0.25) is 5.89 Å². The molecule has 0 saturated heterocycles. The molecule has 0 bridgehead atoms. The number of hydrogen-bond donors (Lipinski definition) is 1. The van der Waals surface area contributed by atoms with E-state index in [1.165, 1.54) is 24.3 Å². The molecule has 1 amide bonds. The lowest BCUT2D eigenvalue weighted by Crippen LogP contribution is -2.45. The Hall–Kier alpha value is -4.28. The molecule has 34 heavy (non-hydrogen) atoms. The number of benzene rings is 2.